The minimum absolute atomic E-state index is 0.174. The zero-order chi connectivity index (χ0) is 10.3. The van der Waals surface area contributed by atoms with Gasteiger partial charge in [-0.15, -0.1) is 0 Å². The van der Waals surface area contributed by atoms with Crippen LogP contribution in [0.4, 0.5) is 0 Å². The molecular formula is C8H18N4O. The van der Waals surface area contributed by atoms with E-state index in [9.17, 15) is 4.79 Å². The van der Waals surface area contributed by atoms with E-state index in [4.69, 9.17) is 5.73 Å². The fraction of sp³-hybridized carbons (Fsp3) is 0.625. The number of nitrogens with zero attached hydrogens (tertiary/aromatic N) is 1. The van der Waals surface area contributed by atoms with Gasteiger partial charge >= 0.3 is 0 Å². The Morgan fingerprint density at radius 3 is 2.54 bits per heavy atom. The highest BCUT2D eigenvalue weighted by atomic mass is 16.2. The number of carbonyl (C=O) groups excluding carboxylic acids is 1. The Kier molecular flexibility index (Phi) is 5.71. The van der Waals surface area contributed by atoms with Crippen LogP contribution in [0.5, 0.6) is 0 Å². The van der Waals surface area contributed by atoms with Crippen LogP contribution in [0.3, 0.4) is 0 Å². The van der Waals surface area contributed by atoms with Gasteiger partial charge in [-0.2, -0.15) is 0 Å². The molecule has 0 saturated carbocycles. The van der Waals surface area contributed by atoms with Crippen molar-refractivity contribution in [3.63, 3.8) is 0 Å². The van der Waals surface area contributed by atoms with Gasteiger partial charge in [-0.1, -0.05) is 0 Å². The maximum absolute atomic E-state index is 11.2. The average Bonchev–Trinajstić information content (AvgIpc) is 2.05. The third kappa shape index (κ3) is 5.08. The molecule has 0 spiro atoms. The van der Waals surface area contributed by atoms with Crippen molar-refractivity contribution in [3.8, 4) is 0 Å². The van der Waals surface area contributed by atoms with Gasteiger partial charge in [0, 0.05) is 26.3 Å². The topological polar surface area (TPSA) is 70.4 Å². The van der Waals surface area contributed by atoms with Gasteiger partial charge in [0.1, 0.15) is 5.70 Å². The molecular weight excluding hydrogens is 168 g/mol. The number of rotatable bonds is 5. The zero-order valence-corrected chi connectivity index (χ0v) is 8.42. The van der Waals surface area contributed by atoms with Crippen LogP contribution in [0.2, 0.25) is 0 Å². The molecule has 0 aliphatic carbocycles. The lowest BCUT2D eigenvalue weighted by Gasteiger charge is -2.11. The smallest absolute Gasteiger partial charge is 0.268 e. The van der Waals surface area contributed by atoms with Crippen LogP contribution in [0.25, 0.3) is 0 Å². The lowest BCUT2D eigenvalue weighted by Crippen LogP contribution is -2.35. The van der Waals surface area contributed by atoms with Gasteiger partial charge in [0.2, 0.25) is 0 Å². The monoisotopic (exact) mass is 186 g/mol. The molecule has 0 aliphatic heterocycles. The van der Waals surface area contributed by atoms with Crippen LogP contribution in [0.1, 0.15) is 0 Å². The van der Waals surface area contributed by atoms with Gasteiger partial charge < -0.3 is 21.3 Å². The van der Waals surface area contributed by atoms with Gasteiger partial charge in [0.15, 0.2) is 0 Å². The third-order valence-corrected chi connectivity index (χ3v) is 1.53. The number of nitrogens with one attached hydrogen (secondary N) is 2. The van der Waals surface area contributed by atoms with Crippen LogP contribution in [0, 0.1) is 0 Å². The van der Waals surface area contributed by atoms with Crippen molar-refractivity contribution in [2.75, 3.05) is 34.2 Å². The van der Waals surface area contributed by atoms with Crippen LogP contribution >= 0.6 is 0 Å². The van der Waals surface area contributed by atoms with Crippen molar-refractivity contribution in [3.05, 3.63) is 11.9 Å². The van der Waals surface area contributed by atoms with Gasteiger partial charge in [-0.3, -0.25) is 4.79 Å². The molecule has 13 heavy (non-hydrogen) atoms. The molecule has 0 bridgehead atoms. The number of hydrogen-bond donors (Lipinski definition) is 3. The van der Waals surface area contributed by atoms with Crippen LogP contribution in [-0.4, -0.2) is 45.0 Å². The molecule has 0 heterocycles. The summed E-state index contributed by atoms with van der Waals surface area (Å²) in [6, 6.07) is 0. The molecule has 4 N–H and O–H groups in total. The molecule has 0 fully saturated rings. The van der Waals surface area contributed by atoms with Crippen molar-refractivity contribution in [2.45, 2.75) is 0 Å². The Morgan fingerprint density at radius 1 is 1.54 bits per heavy atom. The summed E-state index contributed by atoms with van der Waals surface area (Å²) in [5.41, 5.74) is 5.61. The summed E-state index contributed by atoms with van der Waals surface area (Å²) in [6.07, 6.45) is 1.25. The van der Waals surface area contributed by atoms with Gasteiger partial charge in [-0.25, -0.2) is 0 Å². The summed E-state index contributed by atoms with van der Waals surface area (Å²) in [7, 11) is 5.55. The minimum Gasteiger partial charge on any atom is -0.403 e. The van der Waals surface area contributed by atoms with E-state index in [0.29, 0.717) is 12.2 Å². The maximum atomic E-state index is 11.2. The molecule has 0 radical (unpaired) electrons. The number of carbonyl (C=O) groups is 1. The summed E-state index contributed by atoms with van der Waals surface area (Å²) >= 11 is 0. The quantitative estimate of drug-likeness (QED) is 0.466. The van der Waals surface area contributed by atoms with Gasteiger partial charge in [0.25, 0.3) is 5.91 Å². The maximum Gasteiger partial charge on any atom is 0.268 e. The standard InChI is InChI=1S/C8H18N4O/c1-10-7(6-9)8(13)11-4-5-12(2)3/h6,10H,4-5,9H2,1-3H3,(H,11,13)/b7-6-. The summed E-state index contributed by atoms with van der Waals surface area (Å²) in [4.78, 5) is 13.2. The molecule has 5 heteroatoms. The second-order valence-electron chi connectivity index (χ2n) is 2.89. The minimum atomic E-state index is -0.174. The van der Waals surface area contributed by atoms with E-state index in [1.54, 1.807) is 7.05 Å². The number of amides is 1. The van der Waals surface area contributed by atoms with Crippen LogP contribution < -0.4 is 16.4 Å². The average molecular weight is 186 g/mol. The molecule has 0 aromatic rings. The third-order valence-electron chi connectivity index (χ3n) is 1.53. The molecule has 1 amide bonds. The molecule has 0 rings (SSSR count). The summed E-state index contributed by atoms with van der Waals surface area (Å²) in [5, 5.41) is 5.42. The Balaban J connectivity index is 3.74. The van der Waals surface area contributed by atoms with Gasteiger partial charge in [0.05, 0.1) is 0 Å². The Bertz CT molecular complexity index is 189. The fourth-order valence-electron chi connectivity index (χ4n) is 0.761. The van der Waals surface area contributed by atoms with Crippen molar-refractivity contribution < 1.29 is 4.79 Å². The molecule has 0 aliphatic rings. The van der Waals surface area contributed by atoms with E-state index in [-0.39, 0.29) is 5.91 Å². The van der Waals surface area contributed by atoms with E-state index in [2.05, 4.69) is 10.6 Å². The largest absolute Gasteiger partial charge is 0.403 e. The predicted molar refractivity (Wildman–Crippen MR) is 52.9 cm³/mol. The summed E-state index contributed by atoms with van der Waals surface area (Å²) in [6.45, 7) is 1.43. The lowest BCUT2D eigenvalue weighted by molar-refractivity contribution is -0.117. The van der Waals surface area contributed by atoms with E-state index in [1.807, 2.05) is 19.0 Å². The molecule has 0 unspecified atom stereocenters. The molecule has 0 aromatic heterocycles. The van der Waals surface area contributed by atoms with E-state index < -0.39 is 0 Å². The molecule has 5 nitrogen and oxygen atoms in total. The number of hydrogen-bond acceptors (Lipinski definition) is 4. The SMILES string of the molecule is CN/C(=C\N)C(=O)NCCN(C)C. The number of likely N-dealkylation sites (N-methyl/N-ethyl adjacent to an activating group) is 2. The Morgan fingerprint density at radius 2 is 2.15 bits per heavy atom. The Hall–Kier alpha value is -1.23. The Labute approximate surface area is 79.0 Å². The highest BCUT2D eigenvalue weighted by Crippen LogP contribution is 1.83. The van der Waals surface area contributed by atoms with Crippen molar-refractivity contribution >= 4 is 5.91 Å². The summed E-state index contributed by atoms with van der Waals surface area (Å²) < 4.78 is 0. The van der Waals surface area contributed by atoms with E-state index in [0.717, 1.165) is 6.54 Å². The van der Waals surface area contributed by atoms with Crippen LogP contribution in [0.15, 0.2) is 11.9 Å². The fourth-order valence-corrected chi connectivity index (χ4v) is 0.761. The first-order valence-electron chi connectivity index (χ1n) is 4.14. The lowest BCUT2D eigenvalue weighted by atomic mass is 10.4. The van der Waals surface area contributed by atoms with E-state index in [1.165, 1.54) is 6.20 Å². The van der Waals surface area contributed by atoms with Crippen molar-refractivity contribution in [1.29, 1.82) is 0 Å². The first-order chi connectivity index (χ1) is 6.11. The molecule has 0 saturated heterocycles. The zero-order valence-electron chi connectivity index (χ0n) is 8.42. The van der Waals surface area contributed by atoms with E-state index >= 15 is 0 Å². The second-order valence-corrected chi connectivity index (χ2v) is 2.89. The summed E-state index contributed by atoms with van der Waals surface area (Å²) in [5.74, 6) is -0.174. The normalized spacial score (nSPS) is 11.5. The van der Waals surface area contributed by atoms with Crippen molar-refractivity contribution in [2.24, 2.45) is 5.73 Å². The first-order valence-corrected chi connectivity index (χ1v) is 4.14. The van der Waals surface area contributed by atoms with Gasteiger partial charge in [-0.05, 0) is 14.1 Å². The first kappa shape index (κ1) is 11.8. The second kappa shape index (κ2) is 6.30. The van der Waals surface area contributed by atoms with Crippen LogP contribution in [-0.2, 0) is 4.79 Å². The number of nitrogens with two attached hydrogens (primary N) is 1. The molecule has 0 atom stereocenters. The highest BCUT2D eigenvalue weighted by Gasteiger charge is 2.04. The highest BCUT2D eigenvalue weighted by molar-refractivity contribution is 5.92. The van der Waals surface area contributed by atoms with Crippen molar-refractivity contribution in [1.82, 2.24) is 15.5 Å². The molecule has 76 valence electrons. The molecule has 0 aromatic carbocycles. The predicted octanol–water partition coefficient (Wildman–Crippen LogP) is -1.32.